The highest BCUT2D eigenvalue weighted by atomic mass is 16.2. The molecular formula is C10H15N3O2. The van der Waals surface area contributed by atoms with Gasteiger partial charge in [0.15, 0.2) is 0 Å². The molecule has 0 radical (unpaired) electrons. The van der Waals surface area contributed by atoms with Crippen molar-refractivity contribution in [3.63, 3.8) is 0 Å². The average molecular weight is 209 g/mol. The molecule has 0 aromatic carbocycles. The number of piperidine rings is 1. The summed E-state index contributed by atoms with van der Waals surface area (Å²) in [5, 5.41) is 10.8. The third-order valence-corrected chi connectivity index (χ3v) is 2.47. The summed E-state index contributed by atoms with van der Waals surface area (Å²) in [6, 6.07) is 1.85. The Bertz CT molecular complexity index is 272. The Kier molecular flexibility index (Phi) is 4.78. The Balaban J connectivity index is 2.28. The molecule has 1 N–H and O–H groups in total. The van der Waals surface area contributed by atoms with Crippen LogP contribution in [0.3, 0.4) is 0 Å². The van der Waals surface area contributed by atoms with Gasteiger partial charge in [-0.3, -0.25) is 9.69 Å². The monoisotopic (exact) mass is 209 g/mol. The van der Waals surface area contributed by atoms with Gasteiger partial charge in [0.25, 0.3) is 0 Å². The Labute approximate surface area is 89.0 Å². The van der Waals surface area contributed by atoms with E-state index in [1.54, 1.807) is 0 Å². The van der Waals surface area contributed by atoms with Gasteiger partial charge in [-0.05, 0) is 19.4 Å². The van der Waals surface area contributed by atoms with E-state index in [1.807, 2.05) is 11.0 Å². The quantitative estimate of drug-likeness (QED) is 0.502. The number of hydrogen-bond acceptors (Lipinski definition) is 4. The molecule has 0 aromatic rings. The van der Waals surface area contributed by atoms with Crippen LogP contribution in [0.2, 0.25) is 0 Å². The summed E-state index contributed by atoms with van der Waals surface area (Å²) in [5.74, 6) is -0.0920. The first-order valence-electron chi connectivity index (χ1n) is 5.07. The summed E-state index contributed by atoms with van der Waals surface area (Å²) < 4.78 is 0. The first-order valence-corrected chi connectivity index (χ1v) is 5.07. The summed E-state index contributed by atoms with van der Waals surface area (Å²) in [7, 11) is 0. The van der Waals surface area contributed by atoms with Gasteiger partial charge in [-0.1, -0.05) is 0 Å². The summed E-state index contributed by atoms with van der Waals surface area (Å²) >= 11 is 0. The van der Waals surface area contributed by atoms with E-state index in [0.717, 1.165) is 25.7 Å². The number of hydrogen-bond donors (Lipinski definition) is 1. The van der Waals surface area contributed by atoms with Crippen molar-refractivity contribution in [2.75, 3.05) is 26.2 Å². The van der Waals surface area contributed by atoms with Crippen molar-refractivity contribution in [3.8, 4) is 6.07 Å². The zero-order valence-corrected chi connectivity index (χ0v) is 8.61. The number of nitriles is 1. The van der Waals surface area contributed by atoms with E-state index in [0.29, 0.717) is 6.54 Å². The summed E-state index contributed by atoms with van der Waals surface area (Å²) in [4.78, 5) is 23.8. The zero-order chi connectivity index (χ0) is 11.1. The first kappa shape index (κ1) is 11.7. The smallest absolute Gasteiger partial charge is 0.235 e. The van der Waals surface area contributed by atoms with Crippen LogP contribution in [-0.2, 0) is 9.59 Å². The first-order chi connectivity index (χ1) is 7.26. The fraction of sp³-hybridized carbons (Fsp3) is 0.700. The molecule has 0 spiro atoms. The van der Waals surface area contributed by atoms with Crippen molar-refractivity contribution >= 4 is 12.2 Å². The van der Waals surface area contributed by atoms with Crippen LogP contribution in [0.25, 0.3) is 0 Å². The van der Waals surface area contributed by atoms with E-state index in [1.165, 1.54) is 0 Å². The van der Waals surface area contributed by atoms with E-state index < -0.39 is 0 Å². The second kappa shape index (κ2) is 6.14. The molecule has 1 aliphatic rings. The Hall–Kier alpha value is -1.41. The van der Waals surface area contributed by atoms with Crippen LogP contribution >= 0.6 is 0 Å². The normalized spacial score (nSPS) is 21.7. The van der Waals surface area contributed by atoms with E-state index in [2.05, 4.69) is 5.32 Å². The second-order valence-corrected chi connectivity index (χ2v) is 3.71. The maximum Gasteiger partial charge on any atom is 0.235 e. The van der Waals surface area contributed by atoms with Gasteiger partial charge in [-0.2, -0.15) is 5.26 Å². The highest BCUT2D eigenvalue weighted by molar-refractivity contribution is 5.78. The molecule has 1 saturated heterocycles. The Morgan fingerprint density at radius 3 is 3.13 bits per heavy atom. The van der Waals surface area contributed by atoms with E-state index in [-0.39, 0.29) is 24.9 Å². The molecule has 15 heavy (non-hydrogen) atoms. The predicted octanol–water partition coefficient (Wildman–Crippen LogP) is -0.463. The number of aldehydes is 1. The lowest BCUT2D eigenvalue weighted by molar-refractivity contribution is -0.123. The van der Waals surface area contributed by atoms with Crippen molar-refractivity contribution in [1.82, 2.24) is 10.2 Å². The van der Waals surface area contributed by atoms with Gasteiger partial charge >= 0.3 is 0 Å². The Morgan fingerprint density at radius 1 is 1.67 bits per heavy atom. The molecule has 1 fully saturated rings. The van der Waals surface area contributed by atoms with E-state index in [9.17, 15) is 9.59 Å². The maximum absolute atomic E-state index is 11.3. The number of carbonyl (C=O) groups excluding carboxylic acids is 2. The topological polar surface area (TPSA) is 73.2 Å². The lowest BCUT2D eigenvalue weighted by atomic mass is 10.00. The van der Waals surface area contributed by atoms with Gasteiger partial charge < -0.3 is 10.1 Å². The van der Waals surface area contributed by atoms with Crippen molar-refractivity contribution in [2.24, 2.45) is 5.92 Å². The van der Waals surface area contributed by atoms with Crippen molar-refractivity contribution in [1.29, 1.82) is 5.26 Å². The fourth-order valence-electron chi connectivity index (χ4n) is 1.74. The van der Waals surface area contributed by atoms with Gasteiger partial charge in [0.2, 0.25) is 5.91 Å². The van der Waals surface area contributed by atoms with Crippen LogP contribution in [0.1, 0.15) is 12.8 Å². The minimum Gasteiger partial charge on any atom is -0.342 e. The van der Waals surface area contributed by atoms with Crippen LogP contribution in [0.5, 0.6) is 0 Å². The molecule has 0 saturated carbocycles. The van der Waals surface area contributed by atoms with Crippen LogP contribution in [0.15, 0.2) is 0 Å². The van der Waals surface area contributed by atoms with Crippen LogP contribution in [0, 0.1) is 17.2 Å². The number of nitrogens with zero attached hydrogens (tertiary/aromatic N) is 2. The molecule has 1 aliphatic heterocycles. The Morgan fingerprint density at radius 2 is 2.47 bits per heavy atom. The second-order valence-electron chi connectivity index (χ2n) is 3.71. The van der Waals surface area contributed by atoms with Gasteiger partial charge in [-0.15, -0.1) is 0 Å². The highest BCUT2D eigenvalue weighted by Crippen LogP contribution is 2.13. The molecular weight excluding hydrogens is 194 g/mol. The van der Waals surface area contributed by atoms with E-state index >= 15 is 0 Å². The standard InChI is InChI=1S/C10H15N3O2/c11-3-4-12-10(15)7-13-5-1-2-9(6-13)8-14/h8-9H,1-2,4-7H2,(H,12,15). The molecule has 0 bridgehead atoms. The van der Waals surface area contributed by atoms with E-state index in [4.69, 9.17) is 5.26 Å². The highest BCUT2D eigenvalue weighted by Gasteiger charge is 2.20. The molecule has 1 heterocycles. The van der Waals surface area contributed by atoms with Crippen molar-refractivity contribution in [3.05, 3.63) is 0 Å². The number of likely N-dealkylation sites (tertiary alicyclic amines) is 1. The summed E-state index contributed by atoms with van der Waals surface area (Å²) in [6.45, 7) is 1.84. The number of carbonyl (C=O) groups is 2. The predicted molar refractivity (Wildman–Crippen MR) is 53.9 cm³/mol. The van der Waals surface area contributed by atoms with Gasteiger partial charge in [0, 0.05) is 12.5 Å². The third kappa shape index (κ3) is 4.09. The zero-order valence-electron chi connectivity index (χ0n) is 8.61. The van der Waals surface area contributed by atoms with Gasteiger partial charge in [-0.25, -0.2) is 0 Å². The van der Waals surface area contributed by atoms with Crippen LogP contribution in [0.4, 0.5) is 0 Å². The fourth-order valence-corrected chi connectivity index (χ4v) is 1.74. The third-order valence-electron chi connectivity index (χ3n) is 2.47. The van der Waals surface area contributed by atoms with Crippen molar-refractivity contribution < 1.29 is 9.59 Å². The minimum atomic E-state index is -0.150. The van der Waals surface area contributed by atoms with Crippen molar-refractivity contribution in [2.45, 2.75) is 12.8 Å². The minimum absolute atomic E-state index is 0.0454. The molecule has 82 valence electrons. The molecule has 1 atom stereocenters. The number of rotatable bonds is 4. The van der Waals surface area contributed by atoms with Crippen LogP contribution in [-0.4, -0.2) is 43.3 Å². The molecule has 0 aliphatic carbocycles. The van der Waals surface area contributed by atoms with Crippen LogP contribution < -0.4 is 5.32 Å². The SMILES string of the molecule is N#CCNC(=O)CN1CCCC(C=O)C1. The molecule has 0 aromatic heterocycles. The van der Waals surface area contributed by atoms with Gasteiger partial charge in [0.05, 0.1) is 12.6 Å². The molecule has 1 rings (SSSR count). The largest absolute Gasteiger partial charge is 0.342 e. The maximum atomic E-state index is 11.3. The molecule has 1 unspecified atom stereocenters. The number of nitrogens with one attached hydrogen (secondary N) is 1. The lowest BCUT2D eigenvalue weighted by Gasteiger charge is -2.29. The molecule has 1 amide bonds. The lowest BCUT2D eigenvalue weighted by Crippen LogP contribution is -2.42. The summed E-state index contributed by atoms with van der Waals surface area (Å²) in [6.07, 6.45) is 2.83. The number of amides is 1. The molecule has 5 nitrogen and oxygen atoms in total. The summed E-state index contributed by atoms with van der Waals surface area (Å²) in [5.41, 5.74) is 0. The molecule has 5 heteroatoms. The van der Waals surface area contributed by atoms with Gasteiger partial charge in [0.1, 0.15) is 12.8 Å². The average Bonchev–Trinajstić information content (AvgIpc) is 2.26.